The number of nitrogens with one attached hydrogen (secondary N) is 1. The molecule has 0 atom stereocenters. The summed E-state index contributed by atoms with van der Waals surface area (Å²) in [7, 11) is 1.22. The number of H-pyrrole nitrogens is 1. The van der Waals surface area contributed by atoms with E-state index in [9.17, 15) is 14.4 Å². The molecule has 1 aromatic rings. The number of rotatable bonds is 4. The lowest BCUT2D eigenvalue weighted by Gasteiger charge is -2.11. The summed E-state index contributed by atoms with van der Waals surface area (Å²) in [5.74, 6) is -1.63. The Bertz CT molecular complexity index is 693. The summed E-state index contributed by atoms with van der Waals surface area (Å²) in [5.41, 5.74) is 5.24. The zero-order chi connectivity index (χ0) is 16.3. The van der Waals surface area contributed by atoms with E-state index >= 15 is 0 Å². The molecule has 10 heteroatoms. The van der Waals surface area contributed by atoms with E-state index < -0.39 is 11.9 Å². The van der Waals surface area contributed by atoms with Gasteiger partial charge in [0.15, 0.2) is 16.7 Å². The van der Waals surface area contributed by atoms with Crippen molar-refractivity contribution in [2.75, 3.05) is 13.7 Å². The molecule has 1 aliphatic rings. The zero-order valence-corrected chi connectivity index (χ0v) is 12.6. The third-order valence-corrected chi connectivity index (χ3v) is 3.73. The fraction of sp³-hybridized carbons (Fsp3) is 0.250. The summed E-state index contributed by atoms with van der Waals surface area (Å²) in [6.07, 6.45) is 2.38. The van der Waals surface area contributed by atoms with Gasteiger partial charge in [0.2, 0.25) is 0 Å². The van der Waals surface area contributed by atoms with E-state index in [-0.39, 0.29) is 22.3 Å². The third kappa shape index (κ3) is 3.01. The maximum absolute atomic E-state index is 12.2. The highest BCUT2D eigenvalue weighted by Gasteiger charge is 2.33. The molecule has 1 aliphatic heterocycles. The number of carbonyl (C=O) groups excluding carboxylic acids is 3. The van der Waals surface area contributed by atoms with Crippen LogP contribution in [0.3, 0.4) is 0 Å². The van der Waals surface area contributed by atoms with Gasteiger partial charge < -0.3 is 15.5 Å². The number of amides is 2. The Morgan fingerprint density at radius 1 is 1.59 bits per heavy atom. The van der Waals surface area contributed by atoms with E-state index in [4.69, 9.17) is 5.73 Å². The number of ether oxygens (including phenoxy) is 1. The van der Waals surface area contributed by atoms with Crippen LogP contribution in [0.2, 0.25) is 0 Å². The smallest absolute Gasteiger partial charge is 0.331 e. The Morgan fingerprint density at radius 2 is 2.32 bits per heavy atom. The molecular weight excluding hydrogens is 310 g/mol. The van der Waals surface area contributed by atoms with E-state index in [1.54, 1.807) is 6.92 Å². The molecule has 0 aliphatic carbocycles. The molecule has 2 amide bonds. The number of primary amides is 1. The SMILES string of the molecule is CCN1C(=O)/C(=C\C(=O)OC)S/C1=N\c1nc[nH]c1C(N)=O. The number of methoxy groups -OCH3 is 1. The largest absolute Gasteiger partial charge is 0.466 e. The lowest BCUT2D eigenvalue weighted by atomic mass is 10.4. The summed E-state index contributed by atoms with van der Waals surface area (Å²) in [6, 6.07) is 0. The summed E-state index contributed by atoms with van der Waals surface area (Å²) in [4.78, 5) is 46.9. The lowest BCUT2D eigenvalue weighted by Crippen LogP contribution is -2.28. The van der Waals surface area contributed by atoms with Gasteiger partial charge in [-0.05, 0) is 18.7 Å². The quantitative estimate of drug-likeness (QED) is 0.599. The summed E-state index contributed by atoms with van der Waals surface area (Å²) >= 11 is 0.994. The van der Waals surface area contributed by atoms with E-state index in [0.717, 1.165) is 17.8 Å². The number of likely N-dealkylation sites (N-methyl/N-ethyl adjacent to an activating group) is 1. The number of amidine groups is 1. The van der Waals surface area contributed by atoms with Crippen LogP contribution in [0.25, 0.3) is 0 Å². The van der Waals surface area contributed by atoms with Crippen molar-refractivity contribution >= 4 is 40.5 Å². The minimum Gasteiger partial charge on any atom is -0.466 e. The van der Waals surface area contributed by atoms with Gasteiger partial charge in [0.05, 0.1) is 18.3 Å². The molecule has 0 spiro atoms. The normalized spacial score (nSPS) is 18.3. The Hall–Kier alpha value is -2.62. The summed E-state index contributed by atoms with van der Waals surface area (Å²) in [6.45, 7) is 2.11. The first-order chi connectivity index (χ1) is 10.5. The van der Waals surface area contributed by atoms with Crippen LogP contribution in [-0.4, -0.2) is 51.5 Å². The number of aromatic nitrogens is 2. The van der Waals surface area contributed by atoms with Gasteiger partial charge in [-0.2, -0.15) is 0 Å². The average molecular weight is 323 g/mol. The van der Waals surface area contributed by atoms with Gasteiger partial charge in [-0.1, -0.05) is 0 Å². The lowest BCUT2D eigenvalue weighted by molar-refractivity contribution is -0.135. The molecule has 3 N–H and O–H groups in total. The van der Waals surface area contributed by atoms with Crippen molar-refractivity contribution in [1.29, 1.82) is 0 Å². The Balaban J connectivity index is 2.38. The van der Waals surface area contributed by atoms with Crippen LogP contribution in [-0.2, 0) is 14.3 Å². The molecule has 2 heterocycles. The average Bonchev–Trinajstić information content (AvgIpc) is 3.05. The van der Waals surface area contributed by atoms with Crippen LogP contribution < -0.4 is 5.73 Å². The first kappa shape index (κ1) is 15.8. The van der Waals surface area contributed by atoms with Gasteiger partial charge in [0, 0.05) is 12.6 Å². The fourth-order valence-electron chi connectivity index (χ4n) is 1.68. The Morgan fingerprint density at radius 3 is 2.91 bits per heavy atom. The minimum absolute atomic E-state index is 0.0435. The van der Waals surface area contributed by atoms with Crippen molar-refractivity contribution in [1.82, 2.24) is 14.9 Å². The molecule has 0 aromatic carbocycles. The number of imidazole rings is 1. The number of hydrogen-bond donors (Lipinski definition) is 2. The molecular formula is C12H13N5O4S. The molecule has 1 saturated heterocycles. The minimum atomic E-state index is -0.709. The Labute approximate surface area is 129 Å². The number of nitrogens with zero attached hydrogens (tertiary/aromatic N) is 3. The van der Waals surface area contributed by atoms with Gasteiger partial charge in [-0.3, -0.25) is 14.5 Å². The second-order valence-corrected chi connectivity index (χ2v) is 5.05. The summed E-state index contributed by atoms with van der Waals surface area (Å²) < 4.78 is 4.50. The number of aliphatic imine (C=N–C) groups is 1. The van der Waals surface area contributed by atoms with E-state index in [0.29, 0.717) is 11.7 Å². The first-order valence-electron chi connectivity index (χ1n) is 6.19. The maximum Gasteiger partial charge on any atom is 0.331 e. The molecule has 2 rings (SSSR count). The number of esters is 1. The van der Waals surface area contributed by atoms with Crippen molar-refractivity contribution in [3.05, 3.63) is 23.0 Å². The molecule has 116 valence electrons. The van der Waals surface area contributed by atoms with Crippen LogP contribution in [0.5, 0.6) is 0 Å². The highest BCUT2D eigenvalue weighted by molar-refractivity contribution is 8.18. The standard InChI is InChI=1S/C12H13N5O4S/c1-3-17-11(20)6(4-7(18)21-2)22-12(17)16-10-8(9(13)19)14-5-15-10/h4-5H,3H2,1-2H3,(H2,13,19)(H,14,15)/b6-4+,16-12-. The molecule has 1 aromatic heterocycles. The van der Waals surface area contributed by atoms with Gasteiger partial charge in [-0.25, -0.2) is 14.8 Å². The summed E-state index contributed by atoms with van der Waals surface area (Å²) in [5, 5.41) is 0.303. The van der Waals surface area contributed by atoms with Crippen LogP contribution in [0.1, 0.15) is 17.4 Å². The number of carbonyl (C=O) groups is 3. The highest BCUT2D eigenvalue weighted by Crippen LogP contribution is 2.32. The van der Waals surface area contributed by atoms with Crippen molar-refractivity contribution in [3.8, 4) is 0 Å². The fourth-order valence-corrected chi connectivity index (χ4v) is 2.68. The Kier molecular flexibility index (Phi) is 4.61. The molecule has 9 nitrogen and oxygen atoms in total. The zero-order valence-electron chi connectivity index (χ0n) is 11.8. The van der Waals surface area contributed by atoms with Crippen LogP contribution >= 0.6 is 11.8 Å². The van der Waals surface area contributed by atoms with Crippen molar-refractivity contribution in [3.63, 3.8) is 0 Å². The maximum atomic E-state index is 12.2. The van der Waals surface area contributed by atoms with Crippen LogP contribution in [0, 0.1) is 0 Å². The topological polar surface area (TPSA) is 131 Å². The highest BCUT2D eigenvalue weighted by atomic mass is 32.2. The predicted octanol–water partition coefficient (Wildman–Crippen LogP) is 0.148. The van der Waals surface area contributed by atoms with Gasteiger partial charge in [0.1, 0.15) is 0 Å². The van der Waals surface area contributed by atoms with Crippen LogP contribution in [0.15, 0.2) is 22.3 Å². The first-order valence-corrected chi connectivity index (χ1v) is 7.00. The molecule has 22 heavy (non-hydrogen) atoms. The number of nitrogens with two attached hydrogens (primary N) is 1. The molecule has 0 saturated carbocycles. The van der Waals surface area contributed by atoms with Crippen molar-refractivity contribution in [2.45, 2.75) is 6.92 Å². The van der Waals surface area contributed by atoms with E-state index in [2.05, 4.69) is 19.7 Å². The van der Waals surface area contributed by atoms with Gasteiger partial charge in [-0.15, -0.1) is 0 Å². The predicted molar refractivity (Wildman–Crippen MR) is 79.3 cm³/mol. The second-order valence-electron chi connectivity index (χ2n) is 4.04. The van der Waals surface area contributed by atoms with Gasteiger partial charge in [0.25, 0.3) is 11.8 Å². The van der Waals surface area contributed by atoms with Gasteiger partial charge >= 0.3 is 5.97 Å². The molecule has 0 bridgehead atoms. The number of thioether (sulfide) groups is 1. The molecule has 0 unspecified atom stereocenters. The van der Waals surface area contributed by atoms with E-state index in [1.165, 1.54) is 18.3 Å². The number of aromatic amines is 1. The molecule has 1 fully saturated rings. The van der Waals surface area contributed by atoms with E-state index in [1.807, 2.05) is 0 Å². The van der Waals surface area contributed by atoms with Crippen molar-refractivity contribution < 1.29 is 19.1 Å². The molecule has 0 radical (unpaired) electrons. The van der Waals surface area contributed by atoms with Crippen LogP contribution in [0.4, 0.5) is 5.82 Å². The van der Waals surface area contributed by atoms with Crippen molar-refractivity contribution in [2.24, 2.45) is 10.7 Å². The number of hydrogen-bond acceptors (Lipinski definition) is 7. The third-order valence-electron chi connectivity index (χ3n) is 2.72. The second kappa shape index (κ2) is 6.43. The monoisotopic (exact) mass is 323 g/mol.